The maximum absolute atomic E-state index is 11.8. The van der Waals surface area contributed by atoms with Crippen molar-refractivity contribution in [2.45, 2.75) is 24.8 Å². The number of hydrogen-bond acceptors (Lipinski definition) is 3. The summed E-state index contributed by atoms with van der Waals surface area (Å²) in [6, 6.07) is 3.19. The van der Waals surface area contributed by atoms with E-state index in [1.165, 1.54) is 6.20 Å². The summed E-state index contributed by atoms with van der Waals surface area (Å²) in [4.78, 5) is 15.7. The molecule has 0 spiro atoms. The molecule has 0 saturated heterocycles. The molecule has 2 rings (SSSR count). The lowest BCUT2D eigenvalue weighted by atomic mass is 9.77. The van der Waals surface area contributed by atoms with Gasteiger partial charge in [0.15, 0.2) is 0 Å². The van der Waals surface area contributed by atoms with Gasteiger partial charge in [0, 0.05) is 6.20 Å². The molecule has 86 valence electrons. The molecule has 1 fully saturated rings. The van der Waals surface area contributed by atoms with Crippen molar-refractivity contribution in [2.24, 2.45) is 0 Å². The second-order valence-corrected chi connectivity index (χ2v) is 4.54. The molecule has 1 aromatic rings. The predicted octanol–water partition coefficient (Wildman–Crippen LogP) is 1.38. The Balaban J connectivity index is 2.05. The van der Waals surface area contributed by atoms with E-state index in [1.54, 1.807) is 12.1 Å². The third-order valence-electron chi connectivity index (χ3n) is 2.95. The highest BCUT2D eigenvalue weighted by Gasteiger charge is 2.38. The first-order chi connectivity index (χ1) is 7.65. The molecule has 0 atom stereocenters. The van der Waals surface area contributed by atoms with Gasteiger partial charge < -0.3 is 10.4 Å². The van der Waals surface area contributed by atoms with Crippen LogP contribution in [0.4, 0.5) is 0 Å². The lowest BCUT2D eigenvalue weighted by molar-refractivity contribution is 0.0637. The first kappa shape index (κ1) is 11.4. The van der Waals surface area contributed by atoms with Crippen molar-refractivity contribution in [3.63, 3.8) is 0 Å². The molecule has 2 N–H and O–H groups in total. The zero-order valence-corrected chi connectivity index (χ0v) is 9.50. The number of carbonyl (C=O) groups is 1. The van der Waals surface area contributed by atoms with Crippen molar-refractivity contribution in [3.8, 4) is 0 Å². The summed E-state index contributed by atoms with van der Waals surface area (Å²) in [5, 5.41) is 12.5. The smallest absolute Gasteiger partial charge is 0.270 e. The third kappa shape index (κ3) is 2.18. The summed E-state index contributed by atoms with van der Waals surface area (Å²) in [7, 11) is 0. The van der Waals surface area contributed by atoms with Gasteiger partial charge in [-0.1, -0.05) is 11.6 Å². The average Bonchev–Trinajstić information content (AvgIpc) is 2.24. The number of aliphatic hydroxyl groups is 1. The first-order valence-corrected chi connectivity index (χ1v) is 5.58. The molecular weight excluding hydrogens is 228 g/mol. The van der Waals surface area contributed by atoms with Crippen molar-refractivity contribution in [1.29, 1.82) is 0 Å². The highest BCUT2D eigenvalue weighted by atomic mass is 35.5. The number of rotatable bonds is 3. The Morgan fingerprint density at radius 3 is 2.75 bits per heavy atom. The maximum atomic E-state index is 11.8. The van der Waals surface area contributed by atoms with E-state index in [9.17, 15) is 9.90 Å². The van der Waals surface area contributed by atoms with E-state index in [0.717, 1.165) is 19.3 Å². The van der Waals surface area contributed by atoms with Crippen LogP contribution < -0.4 is 5.32 Å². The fourth-order valence-electron chi connectivity index (χ4n) is 1.74. The number of carbonyl (C=O) groups excluding carboxylic acids is 1. The number of hydrogen-bond donors (Lipinski definition) is 2. The lowest BCUT2D eigenvalue weighted by Gasteiger charge is -2.40. The summed E-state index contributed by atoms with van der Waals surface area (Å²) in [6.45, 7) is -0.0215. The van der Waals surface area contributed by atoms with Crippen molar-refractivity contribution in [1.82, 2.24) is 10.3 Å². The van der Waals surface area contributed by atoms with Crippen molar-refractivity contribution >= 4 is 17.5 Å². The summed E-state index contributed by atoms with van der Waals surface area (Å²) in [5.41, 5.74) is -0.109. The highest BCUT2D eigenvalue weighted by Crippen LogP contribution is 2.31. The topological polar surface area (TPSA) is 62.2 Å². The molecule has 1 aliphatic carbocycles. The second-order valence-electron chi connectivity index (χ2n) is 4.11. The lowest BCUT2D eigenvalue weighted by Crippen LogP contribution is -2.56. The Hall–Kier alpha value is -1.13. The number of amides is 1. The van der Waals surface area contributed by atoms with Crippen LogP contribution in [0.25, 0.3) is 0 Å². The Morgan fingerprint density at radius 1 is 1.56 bits per heavy atom. The molecule has 1 amide bonds. The summed E-state index contributed by atoms with van der Waals surface area (Å²) < 4.78 is 0. The third-order valence-corrected chi connectivity index (χ3v) is 3.18. The normalized spacial score (nSPS) is 17.6. The van der Waals surface area contributed by atoms with E-state index in [1.807, 2.05) is 0 Å². The van der Waals surface area contributed by atoms with Gasteiger partial charge in [-0.25, -0.2) is 4.98 Å². The molecule has 1 aromatic heterocycles. The molecule has 0 bridgehead atoms. The number of aromatic nitrogens is 1. The summed E-state index contributed by atoms with van der Waals surface area (Å²) in [5.74, 6) is -0.259. The molecule has 5 heteroatoms. The van der Waals surface area contributed by atoms with E-state index < -0.39 is 5.54 Å². The van der Waals surface area contributed by atoms with Gasteiger partial charge in [0.1, 0.15) is 5.69 Å². The van der Waals surface area contributed by atoms with Crippen LogP contribution in [0.2, 0.25) is 5.02 Å². The zero-order valence-electron chi connectivity index (χ0n) is 8.74. The molecule has 0 aliphatic heterocycles. The molecule has 0 aromatic carbocycles. The molecule has 1 aliphatic rings. The van der Waals surface area contributed by atoms with Crippen LogP contribution in [0.5, 0.6) is 0 Å². The molecule has 1 saturated carbocycles. The molecule has 4 nitrogen and oxygen atoms in total. The zero-order chi connectivity index (χ0) is 11.6. The first-order valence-electron chi connectivity index (χ1n) is 5.20. The molecule has 1 heterocycles. The fourth-order valence-corrected chi connectivity index (χ4v) is 1.85. The molecule has 0 unspecified atom stereocenters. The standard InChI is InChI=1S/C11H13ClN2O2/c12-8-2-3-9(13-6-8)10(16)14-11(7-15)4-1-5-11/h2-3,6,15H,1,4-5,7H2,(H,14,16). The fraction of sp³-hybridized carbons (Fsp3) is 0.455. The minimum absolute atomic E-state index is 0.0215. The van der Waals surface area contributed by atoms with Crippen molar-refractivity contribution in [3.05, 3.63) is 29.0 Å². The van der Waals surface area contributed by atoms with Crippen molar-refractivity contribution < 1.29 is 9.90 Å². The van der Waals surface area contributed by atoms with Crippen LogP contribution in [0.15, 0.2) is 18.3 Å². The van der Waals surface area contributed by atoms with Gasteiger partial charge in [0.25, 0.3) is 5.91 Å². The van der Waals surface area contributed by atoms with Gasteiger partial charge in [0.05, 0.1) is 17.2 Å². The second kappa shape index (κ2) is 4.39. The minimum atomic E-state index is -0.432. The quantitative estimate of drug-likeness (QED) is 0.839. The predicted molar refractivity (Wildman–Crippen MR) is 60.4 cm³/mol. The Bertz CT molecular complexity index is 382. The van der Waals surface area contributed by atoms with Gasteiger partial charge in [0.2, 0.25) is 0 Å². The van der Waals surface area contributed by atoms with Crippen molar-refractivity contribution in [2.75, 3.05) is 6.61 Å². The van der Waals surface area contributed by atoms with Gasteiger partial charge >= 0.3 is 0 Å². The molecule has 0 radical (unpaired) electrons. The minimum Gasteiger partial charge on any atom is -0.394 e. The highest BCUT2D eigenvalue weighted by molar-refractivity contribution is 6.30. The SMILES string of the molecule is O=C(NC1(CO)CCC1)c1ccc(Cl)cn1. The van der Waals surface area contributed by atoms with E-state index in [2.05, 4.69) is 10.3 Å². The Labute approximate surface area is 98.6 Å². The number of aliphatic hydroxyl groups excluding tert-OH is 1. The van der Waals surface area contributed by atoms with E-state index in [0.29, 0.717) is 10.7 Å². The average molecular weight is 241 g/mol. The van der Waals surface area contributed by atoms with Gasteiger partial charge in [-0.3, -0.25) is 4.79 Å². The Morgan fingerprint density at radius 2 is 2.31 bits per heavy atom. The largest absolute Gasteiger partial charge is 0.394 e. The van der Waals surface area contributed by atoms with E-state index >= 15 is 0 Å². The number of pyridine rings is 1. The summed E-state index contributed by atoms with van der Waals surface area (Å²) >= 11 is 5.68. The monoisotopic (exact) mass is 240 g/mol. The van der Waals surface area contributed by atoms with Crippen LogP contribution in [0.1, 0.15) is 29.8 Å². The summed E-state index contributed by atoms with van der Waals surface area (Å²) in [6.07, 6.45) is 4.11. The van der Waals surface area contributed by atoms with Gasteiger partial charge in [-0.2, -0.15) is 0 Å². The van der Waals surface area contributed by atoms with E-state index in [-0.39, 0.29) is 12.5 Å². The number of nitrogens with one attached hydrogen (secondary N) is 1. The van der Waals surface area contributed by atoms with Gasteiger partial charge in [-0.15, -0.1) is 0 Å². The van der Waals surface area contributed by atoms with Crippen LogP contribution in [-0.2, 0) is 0 Å². The Kier molecular flexibility index (Phi) is 3.12. The van der Waals surface area contributed by atoms with Crippen LogP contribution >= 0.6 is 11.6 Å². The number of nitrogens with zero attached hydrogens (tertiary/aromatic N) is 1. The van der Waals surface area contributed by atoms with E-state index in [4.69, 9.17) is 11.6 Å². The van der Waals surface area contributed by atoms with Crippen LogP contribution in [0, 0.1) is 0 Å². The van der Waals surface area contributed by atoms with Gasteiger partial charge in [-0.05, 0) is 31.4 Å². The van der Waals surface area contributed by atoms with Crippen LogP contribution in [-0.4, -0.2) is 28.1 Å². The maximum Gasteiger partial charge on any atom is 0.270 e. The van der Waals surface area contributed by atoms with Crippen LogP contribution in [0.3, 0.4) is 0 Å². The molecular formula is C11H13ClN2O2. The number of halogens is 1. The molecule has 16 heavy (non-hydrogen) atoms.